The molecule has 0 bridgehead atoms. The number of carbonyl (C=O) groups excluding carboxylic acids is 3. The number of ether oxygens (including phenoxy) is 3. The van der Waals surface area contributed by atoms with Gasteiger partial charge in [0.25, 0.3) is 0 Å². The van der Waals surface area contributed by atoms with E-state index < -0.39 is 5.92 Å². The van der Waals surface area contributed by atoms with Crippen LogP contribution in [-0.2, 0) is 20.9 Å². The third-order valence-corrected chi connectivity index (χ3v) is 5.41. The Morgan fingerprint density at radius 1 is 1.00 bits per heavy atom. The minimum absolute atomic E-state index is 0.119. The highest BCUT2D eigenvalue weighted by Gasteiger charge is 2.35. The first-order chi connectivity index (χ1) is 16.9. The Morgan fingerprint density at radius 2 is 1.66 bits per heavy atom. The van der Waals surface area contributed by atoms with Crippen molar-refractivity contribution >= 4 is 29.1 Å². The first kappa shape index (κ1) is 25.9. The van der Waals surface area contributed by atoms with Crippen LogP contribution in [0.5, 0.6) is 17.2 Å². The Bertz CT molecular complexity index is 1040. The molecule has 1 saturated heterocycles. The SMILES string of the molecule is CCOc1cc(CNC(=O)C2CC(=O)N(c3cccc(NC(C)=O)c3)C2)cc(OCC)c1OCC. The smallest absolute Gasteiger partial charge is 0.227 e. The molecule has 9 nitrogen and oxygen atoms in total. The van der Waals surface area contributed by atoms with Crippen LogP contribution in [0.4, 0.5) is 11.4 Å². The fourth-order valence-electron chi connectivity index (χ4n) is 3.97. The van der Waals surface area contributed by atoms with Gasteiger partial charge in [0, 0.05) is 37.8 Å². The number of nitrogens with one attached hydrogen (secondary N) is 2. The zero-order valence-electron chi connectivity index (χ0n) is 20.7. The molecule has 0 saturated carbocycles. The van der Waals surface area contributed by atoms with Crippen molar-refractivity contribution in [2.24, 2.45) is 5.92 Å². The highest BCUT2D eigenvalue weighted by molar-refractivity contribution is 6.01. The Hall–Kier alpha value is -3.75. The quantitative estimate of drug-likeness (QED) is 0.507. The molecule has 188 valence electrons. The van der Waals surface area contributed by atoms with Crippen LogP contribution >= 0.6 is 0 Å². The van der Waals surface area contributed by atoms with Crippen molar-refractivity contribution in [1.82, 2.24) is 5.32 Å². The molecule has 35 heavy (non-hydrogen) atoms. The van der Waals surface area contributed by atoms with Crippen molar-refractivity contribution in [3.8, 4) is 17.2 Å². The standard InChI is InChI=1S/C26H33N3O6/c1-5-33-22-11-18(12-23(34-6-2)25(22)35-7-3)15-27-26(32)19-13-24(31)29(16-19)21-10-8-9-20(14-21)28-17(4)30/h8-12,14,19H,5-7,13,15-16H2,1-4H3,(H,27,32)(H,28,30). The summed E-state index contributed by atoms with van der Waals surface area (Å²) in [7, 11) is 0. The van der Waals surface area contributed by atoms with E-state index in [1.807, 2.05) is 32.9 Å². The predicted molar refractivity (Wildman–Crippen MR) is 133 cm³/mol. The summed E-state index contributed by atoms with van der Waals surface area (Å²) in [5.74, 6) is 0.655. The molecule has 0 radical (unpaired) electrons. The average Bonchev–Trinajstić information content (AvgIpc) is 3.21. The van der Waals surface area contributed by atoms with Crippen molar-refractivity contribution in [2.45, 2.75) is 40.7 Å². The first-order valence-electron chi connectivity index (χ1n) is 11.9. The highest BCUT2D eigenvalue weighted by Crippen LogP contribution is 2.39. The zero-order chi connectivity index (χ0) is 25.4. The lowest BCUT2D eigenvalue weighted by atomic mass is 10.1. The van der Waals surface area contributed by atoms with Crippen LogP contribution in [0.2, 0.25) is 0 Å². The maximum atomic E-state index is 12.9. The Morgan fingerprint density at radius 3 is 2.26 bits per heavy atom. The number of anilines is 2. The average molecular weight is 484 g/mol. The van der Waals surface area contributed by atoms with Crippen molar-refractivity contribution in [1.29, 1.82) is 0 Å². The minimum atomic E-state index is -0.479. The van der Waals surface area contributed by atoms with Gasteiger partial charge >= 0.3 is 0 Å². The van der Waals surface area contributed by atoms with Crippen LogP contribution in [-0.4, -0.2) is 44.1 Å². The molecule has 1 fully saturated rings. The largest absolute Gasteiger partial charge is 0.490 e. The lowest BCUT2D eigenvalue weighted by Gasteiger charge is -2.19. The van der Waals surface area contributed by atoms with Gasteiger partial charge in [-0.3, -0.25) is 14.4 Å². The second-order valence-corrected chi connectivity index (χ2v) is 8.07. The third-order valence-electron chi connectivity index (χ3n) is 5.41. The molecular weight excluding hydrogens is 450 g/mol. The van der Waals surface area contributed by atoms with E-state index in [1.165, 1.54) is 6.92 Å². The monoisotopic (exact) mass is 483 g/mol. The van der Waals surface area contributed by atoms with Crippen molar-refractivity contribution < 1.29 is 28.6 Å². The van der Waals surface area contributed by atoms with Crippen LogP contribution in [0.1, 0.15) is 39.7 Å². The number of benzene rings is 2. The molecule has 1 heterocycles. The number of hydrogen-bond donors (Lipinski definition) is 2. The summed E-state index contributed by atoms with van der Waals surface area (Å²) in [6, 6.07) is 10.7. The predicted octanol–water partition coefficient (Wildman–Crippen LogP) is 3.51. The molecule has 1 unspecified atom stereocenters. The fraction of sp³-hybridized carbons (Fsp3) is 0.423. The van der Waals surface area contributed by atoms with Crippen molar-refractivity contribution in [3.05, 3.63) is 42.0 Å². The van der Waals surface area contributed by atoms with Gasteiger partial charge in [0.15, 0.2) is 11.5 Å². The Labute approximate surface area is 205 Å². The summed E-state index contributed by atoms with van der Waals surface area (Å²) in [6.07, 6.45) is 0.119. The molecule has 2 aromatic rings. The molecule has 0 aromatic heterocycles. The van der Waals surface area contributed by atoms with Gasteiger partial charge in [0.05, 0.1) is 25.7 Å². The van der Waals surface area contributed by atoms with E-state index >= 15 is 0 Å². The van der Waals surface area contributed by atoms with Crippen LogP contribution in [0.25, 0.3) is 0 Å². The summed E-state index contributed by atoms with van der Waals surface area (Å²) < 4.78 is 17.2. The lowest BCUT2D eigenvalue weighted by Crippen LogP contribution is -2.32. The molecule has 3 rings (SSSR count). The van der Waals surface area contributed by atoms with Crippen LogP contribution in [0.3, 0.4) is 0 Å². The van der Waals surface area contributed by atoms with Gasteiger partial charge in [0.2, 0.25) is 23.5 Å². The molecule has 0 spiro atoms. The second-order valence-electron chi connectivity index (χ2n) is 8.07. The van der Waals surface area contributed by atoms with E-state index in [1.54, 1.807) is 29.2 Å². The Kier molecular flexibility index (Phi) is 8.94. The van der Waals surface area contributed by atoms with Gasteiger partial charge in [0.1, 0.15) is 0 Å². The van der Waals surface area contributed by atoms with Gasteiger partial charge in [-0.2, -0.15) is 0 Å². The van der Waals surface area contributed by atoms with Crippen molar-refractivity contribution in [2.75, 3.05) is 36.6 Å². The van der Waals surface area contributed by atoms with Crippen LogP contribution in [0.15, 0.2) is 36.4 Å². The lowest BCUT2D eigenvalue weighted by molar-refractivity contribution is -0.126. The normalized spacial score (nSPS) is 15.0. The molecule has 1 aliphatic rings. The highest BCUT2D eigenvalue weighted by atomic mass is 16.5. The molecule has 2 aromatic carbocycles. The van der Waals surface area contributed by atoms with E-state index in [2.05, 4.69) is 10.6 Å². The summed E-state index contributed by atoms with van der Waals surface area (Å²) >= 11 is 0. The summed E-state index contributed by atoms with van der Waals surface area (Å²) in [5.41, 5.74) is 2.05. The molecule has 0 aliphatic carbocycles. The maximum Gasteiger partial charge on any atom is 0.227 e. The van der Waals surface area contributed by atoms with E-state index in [9.17, 15) is 14.4 Å². The van der Waals surface area contributed by atoms with Gasteiger partial charge in [-0.15, -0.1) is 0 Å². The summed E-state index contributed by atoms with van der Waals surface area (Å²) in [4.78, 5) is 38.5. The number of hydrogen-bond acceptors (Lipinski definition) is 6. The molecular formula is C26H33N3O6. The van der Waals surface area contributed by atoms with Gasteiger partial charge in [-0.1, -0.05) is 6.07 Å². The Balaban J connectivity index is 1.69. The molecule has 1 aliphatic heterocycles. The second kappa shape index (κ2) is 12.1. The number of nitrogens with zero attached hydrogens (tertiary/aromatic N) is 1. The van der Waals surface area contributed by atoms with E-state index in [0.717, 1.165) is 5.56 Å². The van der Waals surface area contributed by atoms with Gasteiger partial charge in [-0.25, -0.2) is 0 Å². The fourth-order valence-corrected chi connectivity index (χ4v) is 3.97. The van der Waals surface area contributed by atoms with E-state index in [-0.39, 0.29) is 37.2 Å². The minimum Gasteiger partial charge on any atom is -0.490 e. The molecule has 2 N–H and O–H groups in total. The maximum absolute atomic E-state index is 12.9. The number of carbonyl (C=O) groups is 3. The van der Waals surface area contributed by atoms with Gasteiger partial charge in [-0.05, 0) is 56.7 Å². The summed E-state index contributed by atoms with van der Waals surface area (Å²) in [5, 5.41) is 5.64. The van der Waals surface area contributed by atoms with E-state index in [0.29, 0.717) is 48.4 Å². The van der Waals surface area contributed by atoms with Gasteiger partial charge < -0.3 is 29.7 Å². The topological polar surface area (TPSA) is 106 Å². The summed E-state index contributed by atoms with van der Waals surface area (Å²) in [6.45, 7) is 9.01. The molecule has 1 atom stereocenters. The van der Waals surface area contributed by atoms with Crippen molar-refractivity contribution in [3.63, 3.8) is 0 Å². The zero-order valence-corrected chi connectivity index (χ0v) is 20.7. The number of amides is 3. The van der Waals surface area contributed by atoms with E-state index in [4.69, 9.17) is 14.2 Å². The number of rotatable bonds is 11. The van der Waals surface area contributed by atoms with Crippen LogP contribution in [0, 0.1) is 5.92 Å². The molecule has 3 amide bonds. The first-order valence-corrected chi connectivity index (χ1v) is 11.9. The third kappa shape index (κ3) is 6.65. The molecule has 9 heteroatoms. The van der Waals surface area contributed by atoms with Crippen LogP contribution < -0.4 is 29.7 Å².